The van der Waals surface area contributed by atoms with Crippen LogP contribution in [0.15, 0.2) is 36.9 Å². The van der Waals surface area contributed by atoms with Crippen LogP contribution in [-0.2, 0) is 11.2 Å². The van der Waals surface area contributed by atoms with Crippen LogP contribution < -0.4 is 4.74 Å². The Kier molecular flexibility index (Phi) is 8.11. The molecular formula is C20H30O2. The first kappa shape index (κ1) is 17.1. The number of para-hydroxylation sites is 1. The number of ether oxygens (including phenoxy) is 2. The molecule has 22 heavy (non-hydrogen) atoms. The summed E-state index contributed by atoms with van der Waals surface area (Å²) >= 11 is 0. The van der Waals surface area contributed by atoms with Crippen LogP contribution in [0.1, 0.15) is 56.9 Å². The minimum atomic E-state index is 0.328. The Bertz CT molecular complexity index is 423. The van der Waals surface area contributed by atoms with E-state index in [4.69, 9.17) is 9.47 Å². The first-order valence-electron chi connectivity index (χ1n) is 8.83. The van der Waals surface area contributed by atoms with Crippen molar-refractivity contribution in [3.63, 3.8) is 0 Å². The zero-order chi connectivity index (χ0) is 15.5. The van der Waals surface area contributed by atoms with E-state index in [-0.39, 0.29) is 0 Å². The van der Waals surface area contributed by atoms with Crippen LogP contribution in [0, 0.1) is 0 Å². The predicted octanol–water partition coefficient (Wildman–Crippen LogP) is 5.31. The van der Waals surface area contributed by atoms with E-state index in [2.05, 4.69) is 30.8 Å². The highest BCUT2D eigenvalue weighted by Crippen LogP contribution is 2.22. The largest absolute Gasteiger partial charge is 0.491 e. The zero-order valence-electron chi connectivity index (χ0n) is 13.8. The van der Waals surface area contributed by atoms with Crippen LogP contribution >= 0.6 is 0 Å². The Morgan fingerprint density at radius 2 is 1.73 bits per heavy atom. The van der Waals surface area contributed by atoms with Crippen LogP contribution in [0.2, 0.25) is 0 Å². The summed E-state index contributed by atoms with van der Waals surface area (Å²) in [4.78, 5) is 0. The van der Waals surface area contributed by atoms with Gasteiger partial charge in [0.2, 0.25) is 0 Å². The third kappa shape index (κ3) is 7.13. The first-order chi connectivity index (χ1) is 10.9. The molecule has 0 radical (unpaired) electrons. The topological polar surface area (TPSA) is 21.8 Å². The highest BCUT2D eigenvalue weighted by molar-refractivity contribution is 5.33. The van der Waals surface area contributed by atoms with Gasteiger partial charge in [0.25, 0.3) is 0 Å². The summed E-state index contributed by atoms with van der Waals surface area (Å²) in [5, 5.41) is 0. The highest BCUT2D eigenvalue weighted by Gasteiger charge is 2.23. The van der Waals surface area contributed by atoms with Gasteiger partial charge in [0.05, 0.1) is 6.61 Å². The molecule has 0 bridgehead atoms. The fraction of sp³-hybridized carbons (Fsp3) is 0.600. The summed E-state index contributed by atoms with van der Waals surface area (Å²) in [6.45, 7) is 5.32. The predicted molar refractivity (Wildman–Crippen MR) is 92.5 cm³/mol. The molecule has 2 heteroatoms. The lowest BCUT2D eigenvalue weighted by atomic mass is 10.0. The summed E-state index contributed by atoms with van der Waals surface area (Å²) in [5.41, 5.74) is 1.34. The van der Waals surface area contributed by atoms with Crippen molar-refractivity contribution in [1.29, 1.82) is 0 Å². The number of epoxide rings is 1. The van der Waals surface area contributed by atoms with Crippen LogP contribution in [0.4, 0.5) is 0 Å². The van der Waals surface area contributed by atoms with Gasteiger partial charge < -0.3 is 9.47 Å². The van der Waals surface area contributed by atoms with Crippen molar-refractivity contribution < 1.29 is 9.47 Å². The van der Waals surface area contributed by atoms with E-state index in [1.807, 2.05) is 6.08 Å². The minimum absolute atomic E-state index is 0.328. The summed E-state index contributed by atoms with van der Waals surface area (Å²) in [7, 11) is 0. The molecule has 0 aliphatic carbocycles. The number of hydrogen-bond donors (Lipinski definition) is 0. The second-order valence-electron chi connectivity index (χ2n) is 6.18. The third-order valence-electron chi connectivity index (χ3n) is 4.15. The Morgan fingerprint density at radius 1 is 1.05 bits per heavy atom. The molecule has 1 saturated heterocycles. The number of rotatable bonds is 13. The van der Waals surface area contributed by atoms with Crippen LogP contribution in [0.3, 0.4) is 0 Å². The molecule has 1 heterocycles. The standard InChI is InChI=1S/C20H30O2/c1-2-3-4-5-6-7-8-9-10-13-18-14-11-12-15-20(18)22-17-19-16-21-19/h2,11-12,14-15,19H,1,3-10,13,16-17H2. The van der Waals surface area contributed by atoms with Gasteiger partial charge in [-0.3, -0.25) is 0 Å². The molecule has 2 nitrogen and oxygen atoms in total. The van der Waals surface area contributed by atoms with Crippen molar-refractivity contribution in [2.75, 3.05) is 13.2 Å². The molecule has 0 aromatic heterocycles. The lowest BCUT2D eigenvalue weighted by Gasteiger charge is -2.10. The molecular weight excluding hydrogens is 272 g/mol. The van der Waals surface area contributed by atoms with Gasteiger partial charge in [0.1, 0.15) is 18.5 Å². The van der Waals surface area contributed by atoms with E-state index in [1.165, 1.54) is 56.9 Å². The van der Waals surface area contributed by atoms with Gasteiger partial charge in [-0.1, -0.05) is 56.4 Å². The monoisotopic (exact) mass is 302 g/mol. The molecule has 1 aromatic rings. The van der Waals surface area contributed by atoms with Gasteiger partial charge in [-0.05, 0) is 37.3 Å². The average Bonchev–Trinajstić information content (AvgIpc) is 3.36. The molecule has 0 spiro atoms. The normalized spacial score (nSPS) is 16.5. The molecule has 1 atom stereocenters. The molecule has 1 aliphatic rings. The second kappa shape index (κ2) is 10.4. The minimum Gasteiger partial charge on any atom is -0.491 e. The zero-order valence-corrected chi connectivity index (χ0v) is 13.8. The molecule has 1 fully saturated rings. The van der Waals surface area contributed by atoms with Gasteiger partial charge in [-0.25, -0.2) is 0 Å². The molecule has 1 aliphatic heterocycles. The average molecular weight is 302 g/mol. The molecule has 0 saturated carbocycles. The number of aryl methyl sites for hydroxylation is 1. The van der Waals surface area contributed by atoms with Crippen LogP contribution in [0.5, 0.6) is 5.75 Å². The van der Waals surface area contributed by atoms with E-state index in [0.717, 1.165) is 18.8 Å². The van der Waals surface area contributed by atoms with Crippen LogP contribution in [-0.4, -0.2) is 19.3 Å². The highest BCUT2D eigenvalue weighted by atomic mass is 16.6. The van der Waals surface area contributed by atoms with Crippen molar-refractivity contribution in [2.24, 2.45) is 0 Å². The smallest absolute Gasteiger partial charge is 0.122 e. The summed E-state index contributed by atoms with van der Waals surface area (Å²) in [6.07, 6.45) is 14.0. The van der Waals surface area contributed by atoms with E-state index in [9.17, 15) is 0 Å². The van der Waals surface area contributed by atoms with Gasteiger partial charge in [0.15, 0.2) is 0 Å². The number of allylic oxidation sites excluding steroid dienone is 1. The first-order valence-corrected chi connectivity index (χ1v) is 8.83. The summed E-state index contributed by atoms with van der Waals surface area (Å²) in [5.74, 6) is 1.04. The van der Waals surface area contributed by atoms with Gasteiger partial charge in [0, 0.05) is 0 Å². The Hall–Kier alpha value is -1.28. The molecule has 1 unspecified atom stereocenters. The number of benzene rings is 1. The number of hydrogen-bond acceptors (Lipinski definition) is 2. The van der Waals surface area contributed by atoms with Crippen molar-refractivity contribution in [3.8, 4) is 5.75 Å². The van der Waals surface area contributed by atoms with E-state index >= 15 is 0 Å². The quantitative estimate of drug-likeness (QED) is 0.280. The fourth-order valence-corrected chi connectivity index (χ4v) is 2.69. The Balaban J connectivity index is 1.55. The maximum Gasteiger partial charge on any atom is 0.122 e. The maximum absolute atomic E-state index is 5.86. The Labute approximate surface area is 135 Å². The Morgan fingerprint density at radius 3 is 2.45 bits per heavy atom. The SMILES string of the molecule is C=CCCCCCCCCCc1ccccc1OCC1CO1. The van der Waals surface area contributed by atoms with Crippen molar-refractivity contribution in [2.45, 2.75) is 63.9 Å². The van der Waals surface area contributed by atoms with E-state index in [0.29, 0.717) is 12.7 Å². The van der Waals surface area contributed by atoms with Crippen LogP contribution in [0.25, 0.3) is 0 Å². The molecule has 2 rings (SSSR count). The molecule has 1 aromatic carbocycles. The van der Waals surface area contributed by atoms with Crippen molar-refractivity contribution in [3.05, 3.63) is 42.5 Å². The maximum atomic E-state index is 5.86. The summed E-state index contributed by atoms with van der Waals surface area (Å²) in [6, 6.07) is 8.43. The van der Waals surface area contributed by atoms with Gasteiger partial charge in [-0.2, -0.15) is 0 Å². The molecule has 122 valence electrons. The lowest BCUT2D eigenvalue weighted by Crippen LogP contribution is -2.05. The summed E-state index contributed by atoms with van der Waals surface area (Å²) < 4.78 is 11.1. The lowest BCUT2D eigenvalue weighted by molar-refractivity contribution is 0.261. The van der Waals surface area contributed by atoms with E-state index < -0.39 is 0 Å². The van der Waals surface area contributed by atoms with E-state index in [1.54, 1.807) is 0 Å². The molecule has 0 N–H and O–H groups in total. The van der Waals surface area contributed by atoms with Crippen molar-refractivity contribution in [1.82, 2.24) is 0 Å². The number of unbranched alkanes of at least 4 members (excludes halogenated alkanes) is 7. The van der Waals surface area contributed by atoms with Crippen molar-refractivity contribution >= 4 is 0 Å². The third-order valence-corrected chi connectivity index (χ3v) is 4.15. The second-order valence-corrected chi connectivity index (χ2v) is 6.18. The fourth-order valence-electron chi connectivity index (χ4n) is 2.69. The molecule has 0 amide bonds. The van der Waals surface area contributed by atoms with Gasteiger partial charge >= 0.3 is 0 Å². The van der Waals surface area contributed by atoms with Gasteiger partial charge in [-0.15, -0.1) is 6.58 Å².